The zero-order valence-corrected chi connectivity index (χ0v) is 47.9. The second-order valence-electron chi connectivity index (χ2n) is 21.3. The molecule has 3 aromatic carbocycles. The summed E-state index contributed by atoms with van der Waals surface area (Å²) in [5.74, 6) is -16.4. The summed E-state index contributed by atoms with van der Waals surface area (Å²) in [4.78, 5) is 172. The zero-order chi connectivity index (χ0) is 64.4. The Morgan fingerprint density at radius 1 is 0.384 bits per heavy atom. The Hall–Kier alpha value is -9.67. The highest BCUT2D eigenvalue weighted by Gasteiger charge is 2.37. The van der Waals surface area contributed by atoms with Crippen LogP contribution in [-0.2, 0) is 81.6 Å². The number of rotatable bonds is 37. The van der Waals surface area contributed by atoms with Crippen molar-refractivity contribution in [1.82, 2.24) is 42.5 Å². The monoisotopic (exact) mass is 1200 g/mol. The van der Waals surface area contributed by atoms with Gasteiger partial charge in [-0.15, -0.1) is 0 Å². The molecule has 0 radical (unpaired) electrons. The van der Waals surface area contributed by atoms with Gasteiger partial charge in [0.15, 0.2) is 0 Å². The van der Waals surface area contributed by atoms with Gasteiger partial charge in [0, 0.05) is 25.7 Å². The highest BCUT2D eigenvalue weighted by Crippen LogP contribution is 2.16. The van der Waals surface area contributed by atoms with E-state index in [0.717, 1.165) is 0 Å². The summed E-state index contributed by atoms with van der Waals surface area (Å²) in [5, 5.41) is 68.1. The van der Waals surface area contributed by atoms with Gasteiger partial charge >= 0.3 is 17.9 Å². The highest BCUT2D eigenvalue weighted by atomic mass is 16.4. The third-order valence-electron chi connectivity index (χ3n) is 13.0. The summed E-state index contributed by atoms with van der Waals surface area (Å²) in [6.07, 6.45) is -5.39. The second kappa shape index (κ2) is 34.8. The first-order chi connectivity index (χ1) is 40.4. The number of hydrogen-bond donors (Lipinski definition) is 16. The summed E-state index contributed by atoms with van der Waals surface area (Å²) in [7, 11) is 0. The van der Waals surface area contributed by atoms with Crippen LogP contribution < -0.4 is 59.7 Å². The van der Waals surface area contributed by atoms with Crippen LogP contribution in [0.1, 0.15) is 95.8 Å². The first kappa shape index (κ1) is 70.6. The molecule has 0 unspecified atom stereocenters. The van der Waals surface area contributed by atoms with E-state index in [4.69, 9.17) is 17.2 Å². The molecule has 0 saturated heterocycles. The Morgan fingerprint density at radius 2 is 0.733 bits per heavy atom. The lowest BCUT2D eigenvalue weighted by atomic mass is 9.99. The molecule has 10 amide bonds. The third-order valence-corrected chi connectivity index (χ3v) is 13.0. The van der Waals surface area contributed by atoms with Gasteiger partial charge in [0.2, 0.25) is 59.1 Å². The van der Waals surface area contributed by atoms with E-state index in [9.17, 15) is 87.9 Å². The summed E-state index contributed by atoms with van der Waals surface area (Å²) < 4.78 is 0. The highest BCUT2D eigenvalue weighted by molar-refractivity contribution is 6.00. The number of aliphatic carboxylic acids is 3. The number of amides is 10. The van der Waals surface area contributed by atoms with Crippen LogP contribution in [0.4, 0.5) is 0 Å². The molecular formula is C57H77N11O18. The number of phenols is 2. The largest absolute Gasteiger partial charge is 0.508 e. The maximum absolute atomic E-state index is 14.5. The molecule has 0 saturated carbocycles. The number of aromatic hydroxyl groups is 2. The number of carboxylic acid groups (broad SMARTS) is 3. The Bertz CT molecular complexity index is 2870. The van der Waals surface area contributed by atoms with E-state index in [2.05, 4.69) is 42.5 Å². The lowest BCUT2D eigenvalue weighted by molar-refractivity contribution is -0.143. The molecule has 0 aromatic heterocycles. The second-order valence-corrected chi connectivity index (χ2v) is 21.3. The molecular weight excluding hydrogens is 1130 g/mol. The Labute approximate surface area is 494 Å². The van der Waals surface area contributed by atoms with Crippen molar-refractivity contribution in [3.63, 3.8) is 0 Å². The topological polar surface area (TPSA) is 497 Å². The molecule has 468 valence electrons. The summed E-state index contributed by atoms with van der Waals surface area (Å²) in [5.41, 5.74) is 18.3. The van der Waals surface area contributed by atoms with E-state index in [-0.39, 0.29) is 49.0 Å². The molecule has 29 nitrogen and oxygen atoms in total. The summed E-state index contributed by atoms with van der Waals surface area (Å²) >= 11 is 0. The number of hydrogen-bond acceptors (Lipinski definition) is 16. The number of carbonyl (C=O) groups is 13. The van der Waals surface area contributed by atoms with Gasteiger partial charge in [-0.2, -0.15) is 0 Å². The molecule has 86 heavy (non-hydrogen) atoms. The fraction of sp³-hybridized carbons (Fsp3) is 0.456. The van der Waals surface area contributed by atoms with Gasteiger partial charge in [0.25, 0.3) is 0 Å². The molecule has 0 bridgehead atoms. The van der Waals surface area contributed by atoms with Gasteiger partial charge in [0.05, 0.1) is 18.9 Å². The molecule has 0 spiro atoms. The van der Waals surface area contributed by atoms with Gasteiger partial charge in [-0.05, 0) is 84.9 Å². The molecule has 0 aliphatic heterocycles. The van der Waals surface area contributed by atoms with Gasteiger partial charge in [0.1, 0.15) is 59.8 Å². The molecule has 9 atom stereocenters. The lowest BCUT2D eigenvalue weighted by Crippen LogP contribution is -2.61. The van der Waals surface area contributed by atoms with Gasteiger partial charge in [-0.3, -0.25) is 57.5 Å². The van der Waals surface area contributed by atoms with E-state index >= 15 is 0 Å². The normalized spacial score (nSPS) is 14.2. The number of carboxylic acids is 3. The Kier molecular flexibility index (Phi) is 28.6. The molecule has 19 N–H and O–H groups in total. The number of nitrogens with two attached hydrogens (primary N) is 3. The van der Waals surface area contributed by atoms with Crippen molar-refractivity contribution in [2.75, 3.05) is 0 Å². The molecule has 29 heteroatoms. The zero-order valence-electron chi connectivity index (χ0n) is 47.9. The first-order valence-corrected chi connectivity index (χ1v) is 27.4. The molecule has 0 aliphatic rings. The number of benzene rings is 3. The summed E-state index contributed by atoms with van der Waals surface area (Å²) in [6, 6.07) is 4.46. The fourth-order valence-corrected chi connectivity index (χ4v) is 8.58. The lowest BCUT2D eigenvalue weighted by Gasteiger charge is -2.28. The van der Waals surface area contributed by atoms with E-state index < -0.39 is 176 Å². The first-order valence-electron chi connectivity index (χ1n) is 27.4. The van der Waals surface area contributed by atoms with Gasteiger partial charge < -0.3 is 85.3 Å². The van der Waals surface area contributed by atoms with Crippen molar-refractivity contribution >= 4 is 77.0 Å². The van der Waals surface area contributed by atoms with Crippen molar-refractivity contribution < 1.29 is 87.9 Å². The van der Waals surface area contributed by atoms with E-state index in [0.29, 0.717) is 16.7 Å². The standard InChI is InChI=1S/C57H77N11O18/c1-29(2)22-39(52(80)64-41(26-33-12-16-35(70)17-13-33)54(82)68-44(57(85)86)23-30(3)4)63-53(81)40(25-32-10-14-34(69)15-11-32)65-55(83)42(27-46(60)72)66-51(79)38(19-21-47(73)74)62-56(84)43(28-48(75)76)67-50(78)37(18-20-45(59)71)61-49(77)36(58)24-31-8-6-5-7-9-31/h5-17,29-30,36-44,69-70H,18-28,58H2,1-4H3,(H2,59,71)(H2,60,72)(H,61,77)(H,62,84)(H,63,81)(H,64,80)(H,65,83)(H,66,79)(H,67,78)(H,68,82)(H,73,74)(H,75,76)(H,85,86)/t36-,37-,38-,39-,40-,41-,42-,43-,44-/m0/s1. The van der Waals surface area contributed by atoms with Gasteiger partial charge in [-0.1, -0.05) is 82.3 Å². The smallest absolute Gasteiger partial charge is 0.326 e. The van der Waals surface area contributed by atoms with E-state index in [1.165, 1.54) is 48.5 Å². The van der Waals surface area contributed by atoms with Crippen molar-refractivity contribution in [2.45, 2.75) is 153 Å². The molecule has 3 rings (SSSR count). The average Bonchev–Trinajstić information content (AvgIpc) is 3.50. The molecule has 0 aliphatic carbocycles. The average molecular weight is 1200 g/mol. The fourth-order valence-electron chi connectivity index (χ4n) is 8.58. The van der Waals surface area contributed by atoms with E-state index in [1.807, 2.05) is 0 Å². The SMILES string of the molecule is CC(C)C[C@H](NC(=O)[C@H](Cc1ccc(O)cc1)NC(=O)[C@H](CC(C)C)NC(=O)[C@H](Cc1ccc(O)cc1)NC(=O)[C@H](CC(N)=O)NC(=O)[C@H](CCC(=O)O)NC(=O)[C@H](CC(=O)O)NC(=O)[C@H](CCC(N)=O)NC(=O)[C@@H](N)Cc1ccccc1)C(=O)O. The maximum Gasteiger partial charge on any atom is 0.326 e. The van der Waals surface area contributed by atoms with Crippen LogP contribution in [0, 0.1) is 11.8 Å². The minimum absolute atomic E-state index is 0.00621. The van der Waals surface area contributed by atoms with Crippen molar-refractivity contribution in [1.29, 1.82) is 0 Å². The number of carbonyl (C=O) groups excluding carboxylic acids is 10. The van der Waals surface area contributed by atoms with E-state index in [1.54, 1.807) is 58.0 Å². The van der Waals surface area contributed by atoms with Crippen LogP contribution in [0.15, 0.2) is 78.9 Å². The quantitative estimate of drug-likeness (QED) is 0.0296. The van der Waals surface area contributed by atoms with Crippen LogP contribution in [0.5, 0.6) is 11.5 Å². The predicted octanol–water partition coefficient (Wildman–Crippen LogP) is -2.01. The Balaban J connectivity index is 1.97. The van der Waals surface area contributed by atoms with Crippen LogP contribution in [0.25, 0.3) is 0 Å². The predicted molar refractivity (Wildman–Crippen MR) is 305 cm³/mol. The van der Waals surface area contributed by atoms with Crippen LogP contribution in [-0.4, -0.2) is 157 Å². The van der Waals surface area contributed by atoms with Crippen molar-refractivity contribution in [3.8, 4) is 11.5 Å². The third kappa shape index (κ3) is 25.9. The minimum atomic E-state index is -2.07. The van der Waals surface area contributed by atoms with Crippen molar-refractivity contribution in [3.05, 3.63) is 95.6 Å². The Morgan fingerprint density at radius 3 is 1.15 bits per heavy atom. The van der Waals surface area contributed by atoms with Gasteiger partial charge in [-0.25, -0.2) is 4.79 Å². The molecule has 0 fully saturated rings. The number of primary amides is 2. The van der Waals surface area contributed by atoms with Crippen LogP contribution in [0.2, 0.25) is 0 Å². The van der Waals surface area contributed by atoms with Crippen molar-refractivity contribution in [2.24, 2.45) is 29.0 Å². The van der Waals surface area contributed by atoms with Crippen LogP contribution in [0.3, 0.4) is 0 Å². The number of phenolic OH excluding ortho intramolecular Hbond substituents is 2. The minimum Gasteiger partial charge on any atom is -0.508 e. The molecule has 0 heterocycles. The number of nitrogens with one attached hydrogen (secondary N) is 8. The summed E-state index contributed by atoms with van der Waals surface area (Å²) in [6.45, 7) is 6.89. The molecule has 3 aromatic rings. The maximum atomic E-state index is 14.5. The van der Waals surface area contributed by atoms with Crippen LogP contribution >= 0.6 is 0 Å².